The average molecular weight is 453 g/mol. The molecule has 4 aromatic rings. The molecule has 1 unspecified atom stereocenters. The highest BCUT2D eigenvalue weighted by molar-refractivity contribution is 7.17. The molecule has 10 heteroatoms. The van der Waals surface area contributed by atoms with Gasteiger partial charge in [-0.1, -0.05) is 5.21 Å². The van der Waals surface area contributed by atoms with Gasteiger partial charge in [0.05, 0.1) is 23.8 Å². The number of carbonyl (C=O) groups is 1. The quantitative estimate of drug-likeness (QED) is 0.378. The van der Waals surface area contributed by atoms with Crippen LogP contribution in [0.15, 0.2) is 43.0 Å². The molecule has 32 heavy (non-hydrogen) atoms. The molecule has 0 bridgehead atoms. The van der Waals surface area contributed by atoms with Gasteiger partial charge in [-0.05, 0) is 49.4 Å². The summed E-state index contributed by atoms with van der Waals surface area (Å²) in [6.45, 7) is 1.17. The topological polar surface area (TPSA) is 107 Å². The van der Waals surface area contributed by atoms with Gasteiger partial charge in [0.1, 0.15) is 23.0 Å². The molecule has 0 radical (unpaired) electrons. The zero-order valence-corrected chi connectivity index (χ0v) is 18.5. The van der Waals surface area contributed by atoms with Crippen molar-refractivity contribution in [1.29, 1.82) is 0 Å². The number of thiazole rings is 1. The average Bonchev–Trinajstić information content (AvgIpc) is 3.21. The number of methoxy groups -OCH3 is 1. The van der Waals surface area contributed by atoms with E-state index < -0.39 is 6.10 Å². The number of amides is 1. The van der Waals surface area contributed by atoms with Crippen molar-refractivity contribution in [2.45, 2.75) is 31.3 Å². The molecule has 0 spiro atoms. The summed E-state index contributed by atoms with van der Waals surface area (Å²) >= 11 is 1.68. The van der Waals surface area contributed by atoms with Crippen molar-refractivity contribution < 1.29 is 14.6 Å². The Morgan fingerprint density at radius 2 is 2.16 bits per heavy atom. The van der Waals surface area contributed by atoms with Crippen molar-refractivity contribution in [2.75, 3.05) is 20.3 Å². The number of nitrogens with one attached hydrogen (secondary N) is 1. The molecule has 1 aliphatic rings. The fourth-order valence-corrected chi connectivity index (χ4v) is 4.98. The maximum atomic E-state index is 12.2. The van der Waals surface area contributed by atoms with Gasteiger partial charge in [0, 0.05) is 30.7 Å². The molecule has 3 aromatic heterocycles. The van der Waals surface area contributed by atoms with E-state index >= 15 is 0 Å². The summed E-state index contributed by atoms with van der Waals surface area (Å²) in [7, 11) is 1.64. The van der Waals surface area contributed by atoms with Gasteiger partial charge in [-0.25, -0.2) is 9.67 Å². The van der Waals surface area contributed by atoms with Crippen molar-refractivity contribution in [3.8, 4) is 5.69 Å². The van der Waals surface area contributed by atoms with E-state index in [1.807, 2.05) is 22.7 Å². The number of hydrogen-bond acceptors (Lipinski definition) is 7. The maximum absolute atomic E-state index is 12.2. The minimum absolute atomic E-state index is 0.128. The summed E-state index contributed by atoms with van der Waals surface area (Å²) in [5.41, 5.74) is 2.63. The molecule has 1 aromatic carbocycles. The summed E-state index contributed by atoms with van der Waals surface area (Å²) in [5.74, 6) is 0.379. The summed E-state index contributed by atoms with van der Waals surface area (Å²) in [6.07, 6.45) is 7.45. The Hall–Kier alpha value is -3.08. The van der Waals surface area contributed by atoms with Crippen LogP contribution in [-0.2, 0) is 4.74 Å². The predicted octanol–water partition coefficient (Wildman–Crippen LogP) is 2.70. The molecule has 1 aliphatic carbocycles. The van der Waals surface area contributed by atoms with Crippen LogP contribution in [0.5, 0.6) is 0 Å². The van der Waals surface area contributed by atoms with Crippen LogP contribution < -0.4 is 5.32 Å². The Bertz CT molecular complexity index is 1220. The Balaban J connectivity index is 1.32. The number of carbonyl (C=O) groups excluding carboxylic acids is 1. The molecule has 9 nitrogen and oxygen atoms in total. The Morgan fingerprint density at radius 1 is 1.34 bits per heavy atom. The highest BCUT2D eigenvalue weighted by Crippen LogP contribution is 2.47. The molecule has 166 valence electrons. The lowest BCUT2D eigenvalue weighted by atomic mass is 10.1. The minimum atomic E-state index is -0.889. The first kappa shape index (κ1) is 20.8. The van der Waals surface area contributed by atoms with Crippen LogP contribution in [-0.4, -0.2) is 55.7 Å². The van der Waals surface area contributed by atoms with Crippen LogP contribution in [0.4, 0.5) is 0 Å². The van der Waals surface area contributed by atoms with Gasteiger partial charge < -0.3 is 15.2 Å². The SMILES string of the molecule is COCCCNC(=O)c1ccc(-n2cc(C(O)c3c(C4CC4)sc4cncn34)nn2)cc1. The van der Waals surface area contributed by atoms with Gasteiger partial charge in [-0.3, -0.25) is 9.20 Å². The van der Waals surface area contributed by atoms with Crippen molar-refractivity contribution in [3.63, 3.8) is 0 Å². The third kappa shape index (κ3) is 4.04. The van der Waals surface area contributed by atoms with Crippen molar-refractivity contribution in [1.82, 2.24) is 29.7 Å². The first-order valence-corrected chi connectivity index (χ1v) is 11.4. The van der Waals surface area contributed by atoms with Crippen LogP contribution in [0.25, 0.3) is 10.5 Å². The van der Waals surface area contributed by atoms with Crippen LogP contribution in [0.3, 0.4) is 0 Å². The number of hydrogen-bond donors (Lipinski definition) is 2. The van der Waals surface area contributed by atoms with Gasteiger partial charge in [0.15, 0.2) is 0 Å². The van der Waals surface area contributed by atoms with Crippen molar-refractivity contribution >= 4 is 22.1 Å². The summed E-state index contributed by atoms with van der Waals surface area (Å²) in [6, 6.07) is 7.11. The summed E-state index contributed by atoms with van der Waals surface area (Å²) in [4.78, 5) is 18.7. The third-order valence-electron chi connectivity index (χ3n) is 5.53. The zero-order chi connectivity index (χ0) is 22.1. The highest BCUT2D eigenvalue weighted by atomic mass is 32.1. The molecule has 2 N–H and O–H groups in total. The predicted molar refractivity (Wildman–Crippen MR) is 119 cm³/mol. The lowest BCUT2D eigenvalue weighted by Gasteiger charge is -2.09. The van der Waals surface area contributed by atoms with E-state index in [0.717, 1.165) is 35.5 Å². The van der Waals surface area contributed by atoms with E-state index in [1.54, 1.807) is 47.8 Å². The first-order valence-electron chi connectivity index (χ1n) is 10.6. The molecule has 1 atom stereocenters. The fraction of sp³-hybridized carbons (Fsp3) is 0.364. The Kier molecular flexibility index (Phi) is 5.73. The Labute approximate surface area is 188 Å². The van der Waals surface area contributed by atoms with Crippen LogP contribution in [0.2, 0.25) is 0 Å². The van der Waals surface area contributed by atoms with Crippen molar-refractivity contribution in [2.24, 2.45) is 0 Å². The molecule has 1 saturated carbocycles. The minimum Gasteiger partial charge on any atom is -0.385 e. The molecule has 5 rings (SSSR count). The van der Waals surface area contributed by atoms with Gasteiger partial charge >= 0.3 is 0 Å². The molecule has 1 amide bonds. The van der Waals surface area contributed by atoms with Crippen LogP contribution >= 0.6 is 11.3 Å². The van der Waals surface area contributed by atoms with E-state index in [-0.39, 0.29) is 5.91 Å². The number of rotatable bonds is 9. The number of aliphatic hydroxyl groups excluding tert-OH is 1. The standard InChI is InChI=1S/C22H24N6O3S/c1-31-10-2-9-24-22(30)15-5-7-16(8-6-15)28-12-17(25-26-28)20(29)19-21(14-3-4-14)32-18-11-23-13-27(18)19/h5-8,11-14,20,29H,2-4,9-10H2,1H3,(H,24,30). The van der Waals surface area contributed by atoms with E-state index in [4.69, 9.17) is 4.74 Å². The number of nitrogens with zero attached hydrogens (tertiary/aromatic N) is 5. The lowest BCUT2D eigenvalue weighted by molar-refractivity contribution is 0.0948. The summed E-state index contributed by atoms with van der Waals surface area (Å²) < 4.78 is 8.54. The van der Waals surface area contributed by atoms with E-state index in [2.05, 4.69) is 20.6 Å². The monoisotopic (exact) mass is 452 g/mol. The fourth-order valence-electron chi connectivity index (χ4n) is 3.68. The number of aromatic nitrogens is 5. The lowest BCUT2D eigenvalue weighted by Crippen LogP contribution is -2.25. The number of imidazole rings is 1. The second-order valence-electron chi connectivity index (χ2n) is 7.87. The van der Waals surface area contributed by atoms with Crippen LogP contribution in [0, 0.1) is 0 Å². The third-order valence-corrected chi connectivity index (χ3v) is 6.81. The highest BCUT2D eigenvalue weighted by Gasteiger charge is 2.33. The zero-order valence-electron chi connectivity index (χ0n) is 17.6. The normalized spacial score (nSPS) is 14.7. The number of benzene rings is 1. The van der Waals surface area contributed by atoms with Gasteiger partial charge in [0.25, 0.3) is 5.91 Å². The number of aliphatic hydroxyl groups is 1. The van der Waals surface area contributed by atoms with E-state index in [0.29, 0.717) is 30.3 Å². The molecular formula is C22H24N6O3S. The molecule has 0 saturated heterocycles. The number of fused-ring (bicyclic) bond motifs is 1. The largest absolute Gasteiger partial charge is 0.385 e. The smallest absolute Gasteiger partial charge is 0.251 e. The first-order chi connectivity index (χ1) is 15.7. The van der Waals surface area contributed by atoms with Gasteiger partial charge in [0.2, 0.25) is 0 Å². The second-order valence-corrected chi connectivity index (χ2v) is 8.93. The van der Waals surface area contributed by atoms with E-state index in [9.17, 15) is 9.90 Å². The molecular weight excluding hydrogens is 428 g/mol. The number of ether oxygens (including phenoxy) is 1. The summed E-state index contributed by atoms with van der Waals surface area (Å²) in [5, 5.41) is 22.4. The molecule has 1 fully saturated rings. The van der Waals surface area contributed by atoms with Gasteiger partial charge in [-0.15, -0.1) is 16.4 Å². The molecule has 0 aliphatic heterocycles. The van der Waals surface area contributed by atoms with Crippen LogP contribution in [0.1, 0.15) is 57.9 Å². The second kappa shape index (κ2) is 8.81. The Morgan fingerprint density at radius 3 is 2.91 bits per heavy atom. The maximum Gasteiger partial charge on any atom is 0.251 e. The van der Waals surface area contributed by atoms with Crippen molar-refractivity contribution in [3.05, 3.63) is 64.8 Å². The van der Waals surface area contributed by atoms with E-state index in [1.165, 1.54) is 4.88 Å². The molecule has 3 heterocycles. The van der Waals surface area contributed by atoms with Gasteiger partial charge in [-0.2, -0.15) is 0 Å².